The van der Waals surface area contributed by atoms with Gasteiger partial charge in [0, 0.05) is 46.3 Å². The second-order valence-corrected chi connectivity index (χ2v) is 3.41. The highest BCUT2D eigenvalue weighted by atomic mass is 16.5. The minimum atomic E-state index is 0.169. The van der Waals surface area contributed by atoms with Crippen molar-refractivity contribution in [1.82, 2.24) is 10.2 Å². The summed E-state index contributed by atoms with van der Waals surface area (Å²) < 4.78 is 4.91. The van der Waals surface area contributed by atoms with Crippen LogP contribution in [0.15, 0.2) is 0 Å². The summed E-state index contributed by atoms with van der Waals surface area (Å²) in [6.45, 7) is 4.22. The van der Waals surface area contributed by atoms with Gasteiger partial charge in [-0.15, -0.1) is 0 Å². The van der Waals surface area contributed by atoms with Crippen molar-refractivity contribution < 1.29 is 9.53 Å². The summed E-state index contributed by atoms with van der Waals surface area (Å²) in [4.78, 5) is 13.5. The molecule has 1 aliphatic rings. The predicted molar refractivity (Wildman–Crippen MR) is 54.9 cm³/mol. The van der Waals surface area contributed by atoms with Crippen molar-refractivity contribution in [3.63, 3.8) is 0 Å². The number of hydrogen-bond acceptors (Lipinski definition) is 3. The molecule has 1 radical (unpaired) electrons. The molecule has 0 unspecified atom stereocenters. The maximum Gasteiger partial charge on any atom is 0.226 e. The number of carbonyl (C=O) groups excluding carboxylic acids is 1. The molecule has 4 nitrogen and oxygen atoms in total. The maximum atomic E-state index is 11.6. The first-order valence-corrected chi connectivity index (χ1v) is 5.16. The number of amides is 1. The fourth-order valence-electron chi connectivity index (χ4n) is 1.47. The van der Waals surface area contributed by atoms with E-state index in [4.69, 9.17) is 4.74 Å². The molecular formula is C10H19N2O2. The van der Waals surface area contributed by atoms with Crippen LogP contribution in [0.2, 0.25) is 0 Å². The first kappa shape index (κ1) is 11.5. The lowest BCUT2D eigenvalue weighted by Gasteiger charge is -2.27. The van der Waals surface area contributed by atoms with Crippen LogP contribution >= 0.6 is 0 Å². The Bertz CT molecular complexity index is 168. The van der Waals surface area contributed by atoms with Crippen LogP contribution in [0.5, 0.6) is 0 Å². The van der Waals surface area contributed by atoms with E-state index < -0.39 is 0 Å². The summed E-state index contributed by atoms with van der Waals surface area (Å²) in [5.41, 5.74) is 0. The number of ether oxygens (including phenoxy) is 1. The molecule has 0 spiro atoms. The van der Waals surface area contributed by atoms with E-state index in [2.05, 4.69) is 5.32 Å². The molecule has 14 heavy (non-hydrogen) atoms. The molecule has 1 rings (SSSR count). The van der Waals surface area contributed by atoms with E-state index in [-0.39, 0.29) is 5.91 Å². The Morgan fingerprint density at radius 2 is 2.21 bits per heavy atom. The number of unbranched alkanes of at least 4 members (excludes halogenated alkanes) is 1. The van der Waals surface area contributed by atoms with E-state index in [1.807, 2.05) is 4.90 Å². The van der Waals surface area contributed by atoms with Crippen LogP contribution < -0.4 is 5.32 Å². The molecule has 1 N–H and O–H groups in total. The third kappa shape index (κ3) is 4.07. The molecule has 0 aromatic heterocycles. The molecule has 0 aromatic rings. The lowest BCUT2D eigenvalue weighted by molar-refractivity contribution is -0.128. The second-order valence-electron chi connectivity index (χ2n) is 3.41. The van der Waals surface area contributed by atoms with Gasteiger partial charge in [0.15, 0.2) is 0 Å². The van der Waals surface area contributed by atoms with E-state index in [1.165, 1.54) is 0 Å². The van der Waals surface area contributed by atoms with Gasteiger partial charge < -0.3 is 15.0 Å². The van der Waals surface area contributed by atoms with Gasteiger partial charge in [-0.2, -0.15) is 0 Å². The molecule has 0 bridgehead atoms. The summed E-state index contributed by atoms with van der Waals surface area (Å²) in [5.74, 6) is 0.169. The normalized spacial score (nSPS) is 17.1. The van der Waals surface area contributed by atoms with E-state index in [1.54, 1.807) is 13.5 Å². The topological polar surface area (TPSA) is 41.6 Å². The Balaban J connectivity index is 2.07. The Hall–Kier alpha value is -0.610. The molecule has 1 saturated heterocycles. The number of piperazine rings is 1. The molecule has 0 atom stereocenters. The number of rotatable bonds is 5. The molecule has 0 aliphatic carbocycles. The van der Waals surface area contributed by atoms with Crippen molar-refractivity contribution >= 4 is 5.91 Å². The van der Waals surface area contributed by atoms with Crippen LogP contribution in [-0.4, -0.2) is 50.7 Å². The van der Waals surface area contributed by atoms with Crippen molar-refractivity contribution in [2.45, 2.75) is 12.8 Å². The number of carbonyl (C=O) groups is 1. The molecule has 1 aliphatic heterocycles. The van der Waals surface area contributed by atoms with Crippen LogP contribution in [0.3, 0.4) is 0 Å². The first-order valence-electron chi connectivity index (χ1n) is 5.16. The zero-order valence-corrected chi connectivity index (χ0v) is 8.79. The monoisotopic (exact) mass is 199 g/mol. The van der Waals surface area contributed by atoms with Crippen LogP contribution in [0, 0.1) is 6.42 Å². The molecule has 0 saturated carbocycles. The number of nitrogens with one attached hydrogen (secondary N) is 1. The van der Waals surface area contributed by atoms with Gasteiger partial charge in [0.1, 0.15) is 0 Å². The van der Waals surface area contributed by atoms with Gasteiger partial charge in [-0.3, -0.25) is 4.79 Å². The van der Waals surface area contributed by atoms with Crippen molar-refractivity contribution in [3.05, 3.63) is 6.42 Å². The number of hydrogen-bond donors (Lipinski definition) is 1. The SMILES string of the molecule is COCCC[CH]C(=O)N1CCNCC1. The Morgan fingerprint density at radius 1 is 1.50 bits per heavy atom. The van der Waals surface area contributed by atoms with Gasteiger partial charge in [0.25, 0.3) is 0 Å². The highest BCUT2D eigenvalue weighted by molar-refractivity contribution is 5.84. The van der Waals surface area contributed by atoms with E-state index in [0.717, 1.165) is 45.6 Å². The van der Waals surface area contributed by atoms with E-state index >= 15 is 0 Å². The Morgan fingerprint density at radius 3 is 2.86 bits per heavy atom. The van der Waals surface area contributed by atoms with E-state index in [9.17, 15) is 4.79 Å². The van der Waals surface area contributed by atoms with Gasteiger partial charge in [-0.1, -0.05) is 0 Å². The molecule has 1 amide bonds. The molecule has 81 valence electrons. The van der Waals surface area contributed by atoms with Crippen molar-refractivity contribution in [3.8, 4) is 0 Å². The van der Waals surface area contributed by atoms with E-state index in [0.29, 0.717) is 0 Å². The average molecular weight is 199 g/mol. The highest BCUT2D eigenvalue weighted by Crippen LogP contribution is 2.01. The fourth-order valence-corrected chi connectivity index (χ4v) is 1.47. The Kier molecular flexibility index (Phi) is 5.56. The number of nitrogens with zero attached hydrogens (tertiary/aromatic N) is 1. The average Bonchev–Trinajstić information content (AvgIpc) is 2.25. The number of methoxy groups -OCH3 is 1. The lowest BCUT2D eigenvalue weighted by atomic mass is 10.2. The van der Waals surface area contributed by atoms with Crippen LogP contribution in [-0.2, 0) is 9.53 Å². The third-order valence-electron chi connectivity index (χ3n) is 2.30. The predicted octanol–water partition coefficient (Wildman–Crippen LogP) is 0.0491. The molecule has 4 heteroatoms. The summed E-state index contributed by atoms with van der Waals surface area (Å²) in [6.07, 6.45) is 3.51. The summed E-state index contributed by atoms with van der Waals surface area (Å²) in [7, 11) is 1.68. The standard InChI is InChI=1S/C10H19N2O2/c1-14-9-3-2-4-10(13)12-7-5-11-6-8-12/h4,11H,2-3,5-9H2,1H3. The van der Waals surface area contributed by atoms with Crippen molar-refractivity contribution in [2.75, 3.05) is 39.9 Å². The van der Waals surface area contributed by atoms with Gasteiger partial charge in [-0.05, 0) is 12.8 Å². The minimum absolute atomic E-state index is 0.169. The van der Waals surface area contributed by atoms with Crippen LogP contribution in [0.1, 0.15) is 12.8 Å². The van der Waals surface area contributed by atoms with Crippen LogP contribution in [0.25, 0.3) is 0 Å². The largest absolute Gasteiger partial charge is 0.385 e. The summed E-state index contributed by atoms with van der Waals surface area (Å²) >= 11 is 0. The minimum Gasteiger partial charge on any atom is -0.385 e. The molecule has 0 aromatic carbocycles. The summed E-state index contributed by atoms with van der Waals surface area (Å²) in [6, 6.07) is 0. The van der Waals surface area contributed by atoms with Crippen molar-refractivity contribution in [2.24, 2.45) is 0 Å². The molecular weight excluding hydrogens is 180 g/mol. The molecule has 1 fully saturated rings. The highest BCUT2D eigenvalue weighted by Gasteiger charge is 2.15. The third-order valence-corrected chi connectivity index (χ3v) is 2.30. The first-order chi connectivity index (χ1) is 6.84. The smallest absolute Gasteiger partial charge is 0.226 e. The zero-order valence-electron chi connectivity index (χ0n) is 8.79. The van der Waals surface area contributed by atoms with Crippen LogP contribution in [0.4, 0.5) is 0 Å². The van der Waals surface area contributed by atoms with Gasteiger partial charge >= 0.3 is 0 Å². The molecule has 1 heterocycles. The second kappa shape index (κ2) is 6.79. The zero-order chi connectivity index (χ0) is 10.2. The lowest BCUT2D eigenvalue weighted by Crippen LogP contribution is -2.46. The van der Waals surface area contributed by atoms with Gasteiger partial charge in [-0.25, -0.2) is 0 Å². The quantitative estimate of drug-likeness (QED) is 0.636. The van der Waals surface area contributed by atoms with Crippen molar-refractivity contribution in [1.29, 1.82) is 0 Å². The maximum absolute atomic E-state index is 11.6. The van der Waals surface area contributed by atoms with Gasteiger partial charge in [0.05, 0.1) is 0 Å². The fraction of sp³-hybridized carbons (Fsp3) is 0.800. The Labute approximate surface area is 85.6 Å². The van der Waals surface area contributed by atoms with Gasteiger partial charge in [0.2, 0.25) is 5.91 Å². The summed E-state index contributed by atoms with van der Waals surface area (Å²) in [5, 5.41) is 3.22.